The van der Waals surface area contributed by atoms with Crippen molar-refractivity contribution in [3.8, 4) is 5.75 Å². The molecule has 7 nitrogen and oxygen atoms in total. The second-order valence-electron chi connectivity index (χ2n) is 7.66. The third-order valence-corrected chi connectivity index (χ3v) is 5.80. The Labute approximate surface area is 187 Å². The molecule has 1 aromatic heterocycles. The normalized spacial score (nSPS) is 13.3. The fraction of sp³-hybridized carbons (Fsp3) is 0.348. The summed E-state index contributed by atoms with van der Waals surface area (Å²) in [7, 11) is 1.59. The van der Waals surface area contributed by atoms with Gasteiger partial charge in [-0.25, -0.2) is 14.5 Å². The predicted octanol–water partition coefficient (Wildman–Crippen LogP) is 5.21. The summed E-state index contributed by atoms with van der Waals surface area (Å²) in [4.78, 5) is 19.6. The highest BCUT2D eigenvalue weighted by Gasteiger charge is 2.21. The smallest absolute Gasteiger partial charge is 0.326 e. The first kappa shape index (κ1) is 21.2. The molecule has 0 fully saturated rings. The van der Waals surface area contributed by atoms with Gasteiger partial charge in [0.1, 0.15) is 11.6 Å². The predicted molar refractivity (Wildman–Crippen MR) is 122 cm³/mol. The number of aryl methyl sites for hydroxylation is 3. The van der Waals surface area contributed by atoms with Crippen LogP contribution in [-0.4, -0.2) is 27.9 Å². The Morgan fingerprint density at radius 3 is 2.90 bits per heavy atom. The molecule has 0 bridgehead atoms. The van der Waals surface area contributed by atoms with Gasteiger partial charge in [-0.05, 0) is 49.6 Å². The van der Waals surface area contributed by atoms with E-state index >= 15 is 0 Å². The van der Waals surface area contributed by atoms with Crippen molar-refractivity contribution in [2.45, 2.75) is 45.7 Å². The molecule has 0 atom stereocenters. The molecular formula is C23H26ClN5O2. The zero-order valence-electron chi connectivity index (χ0n) is 17.8. The molecule has 0 saturated carbocycles. The van der Waals surface area contributed by atoms with Crippen molar-refractivity contribution in [2.75, 3.05) is 17.3 Å². The third-order valence-electron chi connectivity index (χ3n) is 5.40. The van der Waals surface area contributed by atoms with Gasteiger partial charge in [0, 0.05) is 35.4 Å². The molecule has 1 aliphatic heterocycles. The van der Waals surface area contributed by atoms with Crippen LogP contribution >= 0.6 is 11.6 Å². The monoisotopic (exact) mass is 439 g/mol. The van der Waals surface area contributed by atoms with Crippen molar-refractivity contribution in [1.82, 2.24) is 14.8 Å². The number of aromatic nitrogens is 3. The SMILES string of the molecule is COc1cccc(NC(=O)N(Cc2nc3n(n2)CCCCC3)c2ccc(C)c(Cl)c2)c1. The summed E-state index contributed by atoms with van der Waals surface area (Å²) < 4.78 is 7.23. The topological polar surface area (TPSA) is 72.3 Å². The van der Waals surface area contributed by atoms with Crippen LogP contribution in [-0.2, 0) is 19.5 Å². The summed E-state index contributed by atoms with van der Waals surface area (Å²) in [5.41, 5.74) is 2.27. The Morgan fingerprint density at radius 2 is 2.10 bits per heavy atom. The number of rotatable bonds is 5. The number of amides is 2. The number of nitrogens with zero attached hydrogens (tertiary/aromatic N) is 4. The highest BCUT2D eigenvalue weighted by Crippen LogP contribution is 2.26. The number of methoxy groups -OCH3 is 1. The summed E-state index contributed by atoms with van der Waals surface area (Å²) in [6.07, 6.45) is 4.33. The number of fused-ring (bicyclic) bond motifs is 1. The molecule has 3 aromatic rings. The number of carbonyl (C=O) groups is 1. The molecule has 1 N–H and O–H groups in total. The van der Waals surface area contributed by atoms with E-state index in [0.717, 1.165) is 37.2 Å². The number of hydrogen-bond donors (Lipinski definition) is 1. The zero-order chi connectivity index (χ0) is 21.8. The summed E-state index contributed by atoms with van der Waals surface area (Å²) in [5, 5.41) is 8.21. The quantitative estimate of drug-likeness (QED) is 0.592. The molecule has 4 rings (SSSR count). The molecule has 0 radical (unpaired) electrons. The number of halogens is 1. The van der Waals surface area contributed by atoms with Gasteiger partial charge in [0.05, 0.1) is 13.7 Å². The summed E-state index contributed by atoms with van der Waals surface area (Å²) >= 11 is 6.36. The van der Waals surface area contributed by atoms with Crippen molar-refractivity contribution >= 4 is 29.0 Å². The van der Waals surface area contributed by atoms with E-state index in [1.54, 1.807) is 24.1 Å². The van der Waals surface area contributed by atoms with E-state index in [1.165, 1.54) is 6.42 Å². The Hall–Kier alpha value is -3.06. The first-order chi connectivity index (χ1) is 15.0. The fourth-order valence-electron chi connectivity index (χ4n) is 3.64. The van der Waals surface area contributed by atoms with Gasteiger partial charge in [0.2, 0.25) is 0 Å². The van der Waals surface area contributed by atoms with Crippen LogP contribution in [0.15, 0.2) is 42.5 Å². The lowest BCUT2D eigenvalue weighted by atomic mass is 10.2. The van der Waals surface area contributed by atoms with Crippen LogP contribution in [0.25, 0.3) is 0 Å². The van der Waals surface area contributed by atoms with Crippen LogP contribution in [0.1, 0.15) is 36.5 Å². The molecule has 31 heavy (non-hydrogen) atoms. The van der Waals surface area contributed by atoms with Crippen molar-refractivity contribution in [1.29, 1.82) is 0 Å². The minimum atomic E-state index is -0.293. The number of hydrogen-bond acceptors (Lipinski definition) is 4. The maximum atomic E-state index is 13.3. The van der Waals surface area contributed by atoms with Crippen molar-refractivity contribution < 1.29 is 9.53 Å². The van der Waals surface area contributed by atoms with Gasteiger partial charge in [0.25, 0.3) is 0 Å². The molecule has 2 aromatic carbocycles. The maximum Gasteiger partial charge on any atom is 0.326 e. The fourth-order valence-corrected chi connectivity index (χ4v) is 3.82. The van der Waals surface area contributed by atoms with Gasteiger partial charge >= 0.3 is 6.03 Å². The summed E-state index contributed by atoms with van der Waals surface area (Å²) in [5.74, 6) is 2.28. The number of nitrogens with one attached hydrogen (secondary N) is 1. The van der Waals surface area contributed by atoms with Gasteiger partial charge in [-0.1, -0.05) is 30.2 Å². The Balaban J connectivity index is 1.62. The van der Waals surface area contributed by atoms with Crippen LogP contribution in [0.4, 0.5) is 16.2 Å². The molecule has 0 spiro atoms. The van der Waals surface area contributed by atoms with E-state index in [0.29, 0.717) is 28.0 Å². The van der Waals surface area contributed by atoms with E-state index in [4.69, 9.17) is 21.3 Å². The minimum Gasteiger partial charge on any atom is -0.497 e. The molecular weight excluding hydrogens is 414 g/mol. The van der Waals surface area contributed by atoms with E-state index in [9.17, 15) is 4.79 Å². The largest absolute Gasteiger partial charge is 0.497 e. The third kappa shape index (κ3) is 4.99. The molecule has 0 aliphatic carbocycles. The number of anilines is 2. The van der Waals surface area contributed by atoms with Crippen molar-refractivity contribution in [3.63, 3.8) is 0 Å². The number of ether oxygens (including phenoxy) is 1. The van der Waals surface area contributed by atoms with Gasteiger partial charge in [-0.15, -0.1) is 0 Å². The Kier molecular flexibility index (Phi) is 6.42. The maximum absolute atomic E-state index is 13.3. The number of urea groups is 1. The Morgan fingerprint density at radius 1 is 1.23 bits per heavy atom. The molecule has 2 amide bonds. The lowest BCUT2D eigenvalue weighted by molar-refractivity contribution is 0.256. The Bertz CT molecular complexity index is 1060. The molecule has 0 unspecified atom stereocenters. The second-order valence-corrected chi connectivity index (χ2v) is 8.07. The average Bonchev–Trinajstić information content (AvgIpc) is 3.02. The van der Waals surface area contributed by atoms with Gasteiger partial charge in [0.15, 0.2) is 5.82 Å². The molecule has 8 heteroatoms. The first-order valence-electron chi connectivity index (χ1n) is 10.4. The van der Waals surface area contributed by atoms with Gasteiger partial charge < -0.3 is 10.1 Å². The van der Waals surface area contributed by atoms with E-state index in [1.807, 2.05) is 41.9 Å². The van der Waals surface area contributed by atoms with Crippen LogP contribution in [0, 0.1) is 6.92 Å². The molecule has 1 aliphatic rings. The minimum absolute atomic E-state index is 0.245. The van der Waals surface area contributed by atoms with Crippen molar-refractivity contribution in [3.05, 3.63) is 64.7 Å². The van der Waals surface area contributed by atoms with E-state index < -0.39 is 0 Å². The number of carbonyl (C=O) groups excluding carboxylic acids is 1. The van der Waals surface area contributed by atoms with Crippen LogP contribution < -0.4 is 15.0 Å². The second kappa shape index (κ2) is 9.39. The van der Waals surface area contributed by atoms with Gasteiger partial charge in [-0.2, -0.15) is 5.10 Å². The highest BCUT2D eigenvalue weighted by atomic mass is 35.5. The first-order valence-corrected chi connectivity index (χ1v) is 10.8. The molecule has 2 heterocycles. The number of benzene rings is 2. The lowest BCUT2D eigenvalue weighted by Crippen LogP contribution is -2.35. The molecule has 0 saturated heterocycles. The molecule has 162 valence electrons. The zero-order valence-corrected chi connectivity index (χ0v) is 18.5. The van der Waals surface area contributed by atoms with Gasteiger partial charge in [-0.3, -0.25) is 4.90 Å². The van der Waals surface area contributed by atoms with E-state index in [-0.39, 0.29) is 12.6 Å². The van der Waals surface area contributed by atoms with Crippen LogP contribution in [0.5, 0.6) is 5.75 Å². The standard InChI is InChI=1S/C23H26ClN5O2/c1-16-10-11-18(14-20(16)24)28(23(30)25-17-7-6-8-19(13-17)31-2)15-21-26-22-9-4-3-5-12-29(22)27-21/h6-8,10-11,13-14H,3-5,9,12,15H2,1-2H3,(H,25,30). The van der Waals surface area contributed by atoms with Crippen LogP contribution in [0.3, 0.4) is 0 Å². The summed E-state index contributed by atoms with van der Waals surface area (Å²) in [6.45, 7) is 3.05. The summed E-state index contributed by atoms with van der Waals surface area (Å²) in [6, 6.07) is 12.5. The highest BCUT2D eigenvalue weighted by molar-refractivity contribution is 6.31. The van der Waals surface area contributed by atoms with Crippen LogP contribution in [0.2, 0.25) is 5.02 Å². The average molecular weight is 440 g/mol. The lowest BCUT2D eigenvalue weighted by Gasteiger charge is -2.23. The van der Waals surface area contributed by atoms with E-state index in [2.05, 4.69) is 10.4 Å². The van der Waals surface area contributed by atoms with Crippen molar-refractivity contribution in [2.24, 2.45) is 0 Å².